The third-order valence-electron chi connectivity index (χ3n) is 5.24. The van der Waals surface area contributed by atoms with E-state index < -0.39 is 0 Å². The first-order valence-corrected chi connectivity index (χ1v) is 6.65. The van der Waals surface area contributed by atoms with Gasteiger partial charge in [-0.15, -0.1) is 0 Å². The van der Waals surface area contributed by atoms with Crippen LogP contribution < -0.4 is 0 Å². The molecule has 1 aliphatic heterocycles. The van der Waals surface area contributed by atoms with E-state index >= 15 is 0 Å². The van der Waals surface area contributed by atoms with E-state index in [1.54, 1.807) is 0 Å². The van der Waals surface area contributed by atoms with E-state index in [1.807, 2.05) is 0 Å². The van der Waals surface area contributed by atoms with Crippen molar-refractivity contribution >= 4 is 5.97 Å². The molecule has 0 aromatic rings. The highest BCUT2D eigenvalue weighted by Crippen LogP contribution is 2.56. The lowest BCUT2D eigenvalue weighted by atomic mass is 9.58. The SMILES string of the molecule is C=C1C(=O)OC2C3=CCCCC3CC(C)C12C. The summed E-state index contributed by atoms with van der Waals surface area (Å²) in [6.45, 7) is 8.37. The molecule has 0 N–H and O–H groups in total. The van der Waals surface area contributed by atoms with Crippen molar-refractivity contribution in [2.75, 3.05) is 0 Å². The molecule has 2 heteroatoms. The molecule has 2 fully saturated rings. The van der Waals surface area contributed by atoms with Crippen LogP contribution in [-0.4, -0.2) is 12.1 Å². The molecular weight excluding hydrogens is 212 g/mol. The number of rotatable bonds is 0. The highest BCUT2D eigenvalue weighted by molar-refractivity contribution is 5.92. The van der Waals surface area contributed by atoms with E-state index in [0.29, 0.717) is 17.4 Å². The number of carbonyl (C=O) groups is 1. The Hall–Kier alpha value is -1.05. The lowest BCUT2D eigenvalue weighted by Gasteiger charge is -2.46. The molecule has 4 unspecified atom stereocenters. The first kappa shape index (κ1) is 11.1. The van der Waals surface area contributed by atoms with Gasteiger partial charge in [0.25, 0.3) is 0 Å². The van der Waals surface area contributed by atoms with Crippen molar-refractivity contribution in [3.63, 3.8) is 0 Å². The van der Waals surface area contributed by atoms with E-state index in [-0.39, 0.29) is 17.5 Å². The van der Waals surface area contributed by atoms with E-state index in [2.05, 4.69) is 26.5 Å². The Labute approximate surface area is 103 Å². The van der Waals surface area contributed by atoms with Gasteiger partial charge in [0.15, 0.2) is 0 Å². The zero-order valence-electron chi connectivity index (χ0n) is 10.7. The van der Waals surface area contributed by atoms with Crippen LogP contribution in [0.15, 0.2) is 23.8 Å². The van der Waals surface area contributed by atoms with Crippen molar-refractivity contribution in [1.29, 1.82) is 0 Å². The molecule has 0 amide bonds. The van der Waals surface area contributed by atoms with Crippen molar-refractivity contribution in [3.8, 4) is 0 Å². The lowest BCUT2D eigenvalue weighted by molar-refractivity contribution is -0.139. The second kappa shape index (κ2) is 3.47. The average Bonchev–Trinajstić information content (AvgIpc) is 2.55. The third-order valence-corrected chi connectivity index (χ3v) is 5.24. The minimum atomic E-state index is -0.184. The van der Waals surface area contributed by atoms with Crippen LogP contribution in [0, 0.1) is 17.3 Å². The summed E-state index contributed by atoms with van der Waals surface area (Å²) in [6.07, 6.45) is 7.13. The smallest absolute Gasteiger partial charge is 0.334 e. The number of hydrogen-bond acceptors (Lipinski definition) is 2. The summed E-state index contributed by atoms with van der Waals surface area (Å²) in [7, 11) is 0. The Kier molecular flexibility index (Phi) is 2.26. The highest BCUT2D eigenvalue weighted by atomic mass is 16.6. The van der Waals surface area contributed by atoms with Crippen LogP contribution in [-0.2, 0) is 9.53 Å². The molecule has 0 aromatic carbocycles. The molecule has 1 saturated carbocycles. The van der Waals surface area contributed by atoms with Crippen LogP contribution >= 0.6 is 0 Å². The highest BCUT2D eigenvalue weighted by Gasteiger charge is 2.57. The zero-order chi connectivity index (χ0) is 12.2. The predicted octanol–water partition coefficient (Wildman–Crippen LogP) is 3.24. The first-order chi connectivity index (χ1) is 8.05. The zero-order valence-corrected chi connectivity index (χ0v) is 10.7. The van der Waals surface area contributed by atoms with Gasteiger partial charge < -0.3 is 4.74 Å². The van der Waals surface area contributed by atoms with Crippen LogP contribution in [0.5, 0.6) is 0 Å². The molecule has 2 aliphatic carbocycles. The predicted molar refractivity (Wildman–Crippen MR) is 66.3 cm³/mol. The summed E-state index contributed by atoms with van der Waals surface area (Å²) >= 11 is 0. The first-order valence-electron chi connectivity index (χ1n) is 6.65. The van der Waals surface area contributed by atoms with Crippen LogP contribution in [0.2, 0.25) is 0 Å². The van der Waals surface area contributed by atoms with Gasteiger partial charge in [-0.25, -0.2) is 4.79 Å². The van der Waals surface area contributed by atoms with Gasteiger partial charge >= 0.3 is 5.97 Å². The molecule has 3 aliphatic rings. The third kappa shape index (κ3) is 1.30. The minimum Gasteiger partial charge on any atom is -0.454 e. The second-order valence-corrected chi connectivity index (χ2v) is 6.02. The Balaban J connectivity index is 2.07. The lowest BCUT2D eigenvalue weighted by Crippen LogP contribution is -2.44. The standard InChI is InChI=1S/C15H20O2/c1-9-8-11-6-4-5-7-12(11)13-15(9,3)10(2)14(16)17-13/h7,9,11,13H,2,4-6,8H2,1,3H3. The fraction of sp³-hybridized carbons (Fsp3) is 0.667. The van der Waals surface area contributed by atoms with E-state index in [0.717, 1.165) is 6.42 Å². The molecule has 0 spiro atoms. The summed E-state index contributed by atoms with van der Waals surface area (Å²) in [5.41, 5.74) is 1.89. The Morgan fingerprint density at radius 2 is 2.29 bits per heavy atom. The number of hydrogen-bond donors (Lipinski definition) is 0. The Bertz CT molecular complexity index is 421. The van der Waals surface area contributed by atoms with E-state index in [1.165, 1.54) is 24.8 Å². The molecule has 4 atom stereocenters. The molecular formula is C15H20O2. The monoisotopic (exact) mass is 232 g/mol. The summed E-state index contributed by atoms with van der Waals surface area (Å²) < 4.78 is 5.61. The Morgan fingerprint density at radius 3 is 3.06 bits per heavy atom. The van der Waals surface area contributed by atoms with Crippen molar-refractivity contribution in [2.45, 2.75) is 45.6 Å². The van der Waals surface area contributed by atoms with Gasteiger partial charge in [0, 0.05) is 11.0 Å². The molecule has 92 valence electrons. The average molecular weight is 232 g/mol. The molecule has 1 saturated heterocycles. The minimum absolute atomic E-state index is 0.0310. The van der Waals surface area contributed by atoms with Gasteiger partial charge in [0.05, 0.1) is 0 Å². The van der Waals surface area contributed by atoms with Gasteiger partial charge in [0.2, 0.25) is 0 Å². The molecule has 17 heavy (non-hydrogen) atoms. The van der Waals surface area contributed by atoms with Crippen LogP contribution in [0.25, 0.3) is 0 Å². The summed E-state index contributed by atoms with van der Waals surface area (Å²) in [5.74, 6) is 0.929. The molecule has 3 rings (SSSR count). The van der Waals surface area contributed by atoms with E-state index in [4.69, 9.17) is 4.74 Å². The number of esters is 1. The van der Waals surface area contributed by atoms with Crippen molar-refractivity contribution in [1.82, 2.24) is 0 Å². The largest absolute Gasteiger partial charge is 0.454 e. The normalized spacial score (nSPS) is 44.8. The fourth-order valence-electron chi connectivity index (χ4n) is 3.86. The number of carbonyl (C=O) groups excluding carboxylic acids is 1. The number of fused-ring (bicyclic) bond motifs is 3. The van der Waals surface area contributed by atoms with Gasteiger partial charge in [-0.05, 0) is 43.1 Å². The van der Waals surface area contributed by atoms with Gasteiger partial charge in [-0.1, -0.05) is 26.5 Å². The maximum atomic E-state index is 11.8. The maximum absolute atomic E-state index is 11.8. The molecule has 0 radical (unpaired) electrons. The van der Waals surface area contributed by atoms with Gasteiger partial charge in [-0.3, -0.25) is 0 Å². The second-order valence-electron chi connectivity index (χ2n) is 6.02. The number of ether oxygens (including phenoxy) is 1. The van der Waals surface area contributed by atoms with Crippen LogP contribution in [0.4, 0.5) is 0 Å². The summed E-state index contributed by atoms with van der Waals surface area (Å²) in [4.78, 5) is 11.8. The molecule has 1 heterocycles. The summed E-state index contributed by atoms with van der Waals surface area (Å²) in [6, 6.07) is 0. The van der Waals surface area contributed by atoms with Gasteiger partial charge in [0.1, 0.15) is 6.10 Å². The van der Waals surface area contributed by atoms with Crippen molar-refractivity contribution in [3.05, 3.63) is 23.8 Å². The van der Waals surface area contributed by atoms with Crippen LogP contribution in [0.1, 0.15) is 39.5 Å². The van der Waals surface area contributed by atoms with Gasteiger partial charge in [-0.2, -0.15) is 0 Å². The topological polar surface area (TPSA) is 26.3 Å². The maximum Gasteiger partial charge on any atom is 0.334 e. The van der Waals surface area contributed by atoms with Crippen molar-refractivity contribution < 1.29 is 9.53 Å². The van der Waals surface area contributed by atoms with Crippen molar-refractivity contribution in [2.24, 2.45) is 17.3 Å². The quantitative estimate of drug-likeness (QED) is 0.364. The Morgan fingerprint density at radius 1 is 1.53 bits per heavy atom. The summed E-state index contributed by atoms with van der Waals surface area (Å²) in [5, 5.41) is 0. The van der Waals surface area contributed by atoms with Crippen LogP contribution in [0.3, 0.4) is 0 Å². The molecule has 0 bridgehead atoms. The molecule has 0 aromatic heterocycles. The fourth-order valence-corrected chi connectivity index (χ4v) is 3.86. The van der Waals surface area contributed by atoms with E-state index in [9.17, 15) is 4.79 Å². The number of allylic oxidation sites excluding steroid dienone is 1. The molecule has 2 nitrogen and oxygen atoms in total.